The highest BCUT2D eigenvalue weighted by molar-refractivity contribution is 5.67. The molecule has 0 aromatic carbocycles. The maximum absolute atomic E-state index is 11.8. The van der Waals surface area contributed by atoms with E-state index in [2.05, 4.69) is 10.6 Å². The van der Waals surface area contributed by atoms with Gasteiger partial charge in [-0.05, 0) is 51.9 Å². The molecule has 0 aromatic heterocycles. The summed E-state index contributed by atoms with van der Waals surface area (Å²) in [5.74, 6) is 1.16. The molecule has 2 aliphatic rings. The lowest BCUT2D eigenvalue weighted by molar-refractivity contribution is 0.0510. The van der Waals surface area contributed by atoms with Crippen LogP contribution in [0.1, 0.15) is 52.9 Å². The van der Waals surface area contributed by atoms with Crippen LogP contribution in [0.3, 0.4) is 0 Å². The van der Waals surface area contributed by atoms with Crippen molar-refractivity contribution in [2.24, 2.45) is 11.8 Å². The number of alkyl carbamates (subject to hydrolysis) is 1. The van der Waals surface area contributed by atoms with E-state index in [4.69, 9.17) is 9.47 Å². The zero-order chi connectivity index (χ0) is 16.0. The van der Waals surface area contributed by atoms with E-state index >= 15 is 0 Å². The lowest BCUT2D eigenvalue weighted by Gasteiger charge is -2.33. The molecule has 1 aliphatic heterocycles. The molecule has 0 aromatic rings. The van der Waals surface area contributed by atoms with E-state index in [-0.39, 0.29) is 6.09 Å². The van der Waals surface area contributed by atoms with E-state index in [0.29, 0.717) is 24.4 Å². The van der Waals surface area contributed by atoms with E-state index in [1.165, 1.54) is 32.1 Å². The zero-order valence-electron chi connectivity index (χ0n) is 14.3. The number of hydrogen-bond donors (Lipinski definition) is 2. The molecule has 2 N–H and O–H groups in total. The summed E-state index contributed by atoms with van der Waals surface area (Å²) in [6.07, 6.45) is 5.78. The lowest BCUT2D eigenvalue weighted by atomic mass is 9.84. The van der Waals surface area contributed by atoms with Crippen molar-refractivity contribution in [3.8, 4) is 0 Å². The van der Waals surface area contributed by atoms with Gasteiger partial charge in [-0.3, -0.25) is 0 Å². The van der Waals surface area contributed by atoms with Crippen molar-refractivity contribution in [1.29, 1.82) is 0 Å². The number of nitrogens with one attached hydrogen (secondary N) is 2. The first-order valence-electron chi connectivity index (χ1n) is 8.72. The summed E-state index contributed by atoms with van der Waals surface area (Å²) >= 11 is 0. The molecule has 128 valence electrons. The van der Waals surface area contributed by atoms with Crippen LogP contribution in [0.25, 0.3) is 0 Å². The molecule has 0 spiro atoms. The normalized spacial score (nSPS) is 29.3. The SMILES string of the molecule is CC(C)(C)OC(=O)NCC1CCCCC1NCC1CCOC1. The van der Waals surface area contributed by atoms with Gasteiger partial charge in [0.15, 0.2) is 0 Å². The lowest BCUT2D eigenvalue weighted by Crippen LogP contribution is -2.46. The van der Waals surface area contributed by atoms with Crippen LogP contribution in [0.15, 0.2) is 0 Å². The Bertz CT molecular complexity index is 348. The molecule has 1 aliphatic carbocycles. The Hall–Kier alpha value is -0.810. The van der Waals surface area contributed by atoms with Crippen LogP contribution in [0.4, 0.5) is 4.79 Å². The van der Waals surface area contributed by atoms with Crippen LogP contribution in [0.5, 0.6) is 0 Å². The quantitative estimate of drug-likeness (QED) is 0.819. The highest BCUT2D eigenvalue weighted by Gasteiger charge is 2.27. The van der Waals surface area contributed by atoms with Crippen LogP contribution in [-0.4, -0.2) is 44.0 Å². The Morgan fingerprint density at radius 2 is 1.95 bits per heavy atom. The summed E-state index contributed by atoms with van der Waals surface area (Å²) in [4.78, 5) is 11.8. The maximum Gasteiger partial charge on any atom is 0.407 e. The third-order valence-corrected chi connectivity index (χ3v) is 4.51. The minimum absolute atomic E-state index is 0.305. The van der Waals surface area contributed by atoms with Crippen molar-refractivity contribution in [3.05, 3.63) is 0 Å². The molecule has 3 unspecified atom stereocenters. The second-order valence-corrected chi connectivity index (χ2v) is 7.67. The van der Waals surface area contributed by atoms with Crippen LogP contribution in [0, 0.1) is 11.8 Å². The van der Waals surface area contributed by atoms with Gasteiger partial charge < -0.3 is 20.1 Å². The van der Waals surface area contributed by atoms with Crippen molar-refractivity contribution in [3.63, 3.8) is 0 Å². The van der Waals surface area contributed by atoms with E-state index in [1.54, 1.807) is 0 Å². The predicted octanol–water partition coefficient (Wildman–Crippen LogP) is 2.70. The molecule has 1 amide bonds. The van der Waals surface area contributed by atoms with Gasteiger partial charge in [0, 0.05) is 25.7 Å². The van der Waals surface area contributed by atoms with E-state index in [1.807, 2.05) is 20.8 Å². The summed E-state index contributed by atoms with van der Waals surface area (Å²) in [6.45, 7) is 9.20. The number of carbonyl (C=O) groups is 1. The second-order valence-electron chi connectivity index (χ2n) is 7.67. The molecule has 5 nitrogen and oxygen atoms in total. The zero-order valence-corrected chi connectivity index (χ0v) is 14.3. The first-order chi connectivity index (χ1) is 10.4. The van der Waals surface area contributed by atoms with Crippen LogP contribution >= 0.6 is 0 Å². The van der Waals surface area contributed by atoms with Gasteiger partial charge in [-0.2, -0.15) is 0 Å². The maximum atomic E-state index is 11.8. The molecule has 22 heavy (non-hydrogen) atoms. The van der Waals surface area contributed by atoms with Gasteiger partial charge in [-0.1, -0.05) is 12.8 Å². The summed E-state index contributed by atoms with van der Waals surface area (Å²) in [5, 5.41) is 6.65. The van der Waals surface area contributed by atoms with E-state index in [0.717, 1.165) is 19.8 Å². The van der Waals surface area contributed by atoms with Crippen LogP contribution in [-0.2, 0) is 9.47 Å². The molecule has 0 bridgehead atoms. The van der Waals surface area contributed by atoms with Crippen molar-refractivity contribution >= 4 is 6.09 Å². The molecular weight excluding hydrogens is 280 g/mol. The number of rotatable bonds is 5. The van der Waals surface area contributed by atoms with Crippen LogP contribution in [0.2, 0.25) is 0 Å². The number of ether oxygens (including phenoxy) is 2. The molecule has 1 heterocycles. The van der Waals surface area contributed by atoms with Crippen LogP contribution < -0.4 is 10.6 Å². The third kappa shape index (κ3) is 6.13. The van der Waals surface area contributed by atoms with Gasteiger partial charge in [0.05, 0.1) is 6.61 Å². The first kappa shape index (κ1) is 17.5. The third-order valence-electron chi connectivity index (χ3n) is 4.51. The standard InChI is InChI=1S/C17H32N2O3/c1-17(2,3)22-16(20)19-11-14-6-4-5-7-15(14)18-10-13-8-9-21-12-13/h13-15,18H,4-12H2,1-3H3,(H,19,20). The fourth-order valence-corrected chi connectivity index (χ4v) is 3.31. The molecular formula is C17H32N2O3. The largest absolute Gasteiger partial charge is 0.444 e. The Balaban J connectivity index is 1.72. The first-order valence-corrected chi connectivity index (χ1v) is 8.72. The smallest absolute Gasteiger partial charge is 0.407 e. The highest BCUT2D eigenvalue weighted by atomic mass is 16.6. The molecule has 2 rings (SSSR count). The Morgan fingerprint density at radius 1 is 1.18 bits per heavy atom. The van der Waals surface area contributed by atoms with Gasteiger partial charge in [0.1, 0.15) is 5.60 Å². The number of carbonyl (C=O) groups excluding carboxylic acids is 1. The van der Waals surface area contributed by atoms with Gasteiger partial charge in [-0.15, -0.1) is 0 Å². The number of amides is 1. The Labute approximate surface area is 134 Å². The predicted molar refractivity (Wildman–Crippen MR) is 86.9 cm³/mol. The molecule has 0 radical (unpaired) electrons. The Kier molecular flexibility index (Phi) is 6.50. The molecule has 5 heteroatoms. The highest BCUT2D eigenvalue weighted by Crippen LogP contribution is 2.24. The van der Waals surface area contributed by atoms with Crippen molar-refractivity contribution < 1.29 is 14.3 Å². The fraction of sp³-hybridized carbons (Fsp3) is 0.941. The molecule has 1 saturated heterocycles. The average molecular weight is 312 g/mol. The van der Waals surface area contributed by atoms with Gasteiger partial charge >= 0.3 is 6.09 Å². The van der Waals surface area contributed by atoms with Crippen molar-refractivity contribution in [2.75, 3.05) is 26.3 Å². The molecule has 3 atom stereocenters. The van der Waals surface area contributed by atoms with Crippen molar-refractivity contribution in [2.45, 2.75) is 64.5 Å². The minimum Gasteiger partial charge on any atom is -0.444 e. The number of hydrogen-bond acceptors (Lipinski definition) is 4. The van der Waals surface area contributed by atoms with E-state index < -0.39 is 5.60 Å². The second kappa shape index (κ2) is 8.16. The summed E-state index contributed by atoms with van der Waals surface area (Å²) in [6, 6.07) is 0.504. The Morgan fingerprint density at radius 3 is 2.64 bits per heavy atom. The fourth-order valence-electron chi connectivity index (χ4n) is 3.31. The van der Waals surface area contributed by atoms with Gasteiger partial charge in [-0.25, -0.2) is 4.79 Å². The monoisotopic (exact) mass is 312 g/mol. The van der Waals surface area contributed by atoms with E-state index in [9.17, 15) is 4.79 Å². The summed E-state index contributed by atoms with van der Waals surface area (Å²) in [5.41, 5.74) is -0.434. The molecule has 1 saturated carbocycles. The van der Waals surface area contributed by atoms with Gasteiger partial charge in [0.2, 0.25) is 0 Å². The topological polar surface area (TPSA) is 59.6 Å². The minimum atomic E-state index is -0.434. The summed E-state index contributed by atoms with van der Waals surface area (Å²) < 4.78 is 10.8. The summed E-state index contributed by atoms with van der Waals surface area (Å²) in [7, 11) is 0. The van der Waals surface area contributed by atoms with Gasteiger partial charge in [0.25, 0.3) is 0 Å². The van der Waals surface area contributed by atoms with Crippen molar-refractivity contribution in [1.82, 2.24) is 10.6 Å². The average Bonchev–Trinajstić information content (AvgIpc) is 2.95. The molecule has 2 fully saturated rings.